The SMILES string of the molecule is C#Cc1cccc(-c2nc(N)c3cc(NCc4ccc(OC)cc4)ncc3n2)c1. The van der Waals surface area contributed by atoms with Gasteiger partial charge in [0.25, 0.3) is 0 Å². The maximum atomic E-state index is 6.21. The zero-order chi connectivity index (χ0) is 20.2. The molecule has 0 saturated carbocycles. The van der Waals surface area contributed by atoms with Gasteiger partial charge in [0.2, 0.25) is 0 Å². The van der Waals surface area contributed by atoms with Gasteiger partial charge in [0, 0.05) is 23.1 Å². The van der Waals surface area contributed by atoms with Crippen LogP contribution >= 0.6 is 0 Å². The summed E-state index contributed by atoms with van der Waals surface area (Å²) in [6.07, 6.45) is 7.17. The molecule has 0 aliphatic carbocycles. The van der Waals surface area contributed by atoms with Crippen molar-refractivity contribution >= 4 is 22.5 Å². The Hall–Kier alpha value is -4.11. The van der Waals surface area contributed by atoms with E-state index in [1.165, 1.54) is 0 Å². The number of pyridine rings is 1. The van der Waals surface area contributed by atoms with E-state index in [0.29, 0.717) is 29.5 Å². The molecule has 0 saturated heterocycles. The lowest BCUT2D eigenvalue weighted by atomic mass is 10.1. The van der Waals surface area contributed by atoms with E-state index in [0.717, 1.165) is 27.8 Å². The largest absolute Gasteiger partial charge is 0.497 e. The minimum Gasteiger partial charge on any atom is -0.497 e. The minimum atomic E-state index is 0.394. The molecule has 142 valence electrons. The number of aromatic nitrogens is 3. The number of hydrogen-bond acceptors (Lipinski definition) is 6. The number of benzene rings is 2. The van der Waals surface area contributed by atoms with Crippen LogP contribution in [0.4, 0.5) is 11.6 Å². The Morgan fingerprint density at radius 3 is 2.69 bits per heavy atom. The fraction of sp³-hybridized carbons (Fsp3) is 0.0870. The summed E-state index contributed by atoms with van der Waals surface area (Å²) >= 11 is 0. The van der Waals surface area contributed by atoms with Crippen molar-refractivity contribution in [3.05, 3.63) is 71.9 Å². The van der Waals surface area contributed by atoms with Gasteiger partial charge >= 0.3 is 0 Å². The van der Waals surface area contributed by atoms with E-state index in [2.05, 4.69) is 26.2 Å². The predicted octanol–water partition coefficient (Wildman–Crippen LogP) is 3.88. The molecule has 2 aromatic carbocycles. The zero-order valence-corrected chi connectivity index (χ0v) is 15.9. The van der Waals surface area contributed by atoms with Crippen LogP contribution in [0.1, 0.15) is 11.1 Å². The van der Waals surface area contributed by atoms with Crippen LogP contribution in [0.5, 0.6) is 5.75 Å². The molecule has 4 rings (SSSR count). The number of anilines is 2. The number of ether oxygens (including phenoxy) is 1. The van der Waals surface area contributed by atoms with Gasteiger partial charge in [-0.2, -0.15) is 0 Å². The first-order valence-corrected chi connectivity index (χ1v) is 9.03. The Kier molecular flexibility index (Phi) is 4.95. The Balaban J connectivity index is 1.59. The molecular formula is C23H19N5O. The highest BCUT2D eigenvalue weighted by molar-refractivity contribution is 5.90. The van der Waals surface area contributed by atoms with E-state index in [9.17, 15) is 0 Å². The number of nitrogens with one attached hydrogen (secondary N) is 1. The standard InChI is InChI=1S/C23H19N5O/c1-3-15-5-4-6-17(11-15)23-27-20-14-26-21(12-19(20)22(24)28-23)25-13-16-7-9-18(29-2)10-8-16/h1,4-12,14H,13H2,2H3,(H,25,26)(H2,24,27,28). The average Bonchev–Trinajstić information content (AvgIpc) is 2.78. The number of methoxy groups -OCH3 is 1. The summed E-state index contributed by atoms with van der Waals surface area (Å²) in [5, 5.41) is 4.04. The quantitative estimate of drug-likeness (QED) is 0.510. The molecule has 6 heteroatoms. The van der Waals surface area contributed by atoms with Gasteiger partial charge in [0.1, 0.15) is 17.4 Å². The second-order valence-corrected chi connectivity index (χ2v) is 6.45. The van der Waals surface area contributed by atoms with Crippen molar-refractivity contribution in [1.82, 2.24) is 15.0 Å². The van der Waals surface area contributed by atoms with Gasteiger partial charge in [-0.3, -0.25) is 0 Å². The Morgan fingerprint density at radius 2 is 1.93 bits per heavy atom. The third kappa shape index (κ3) is 3.94. The molecular weight excluding hydrogens is 362 g/mol. The van der Waals surface area contributed by atoms with Crippen LogP contribution in [0.2, 0.25) is 0 Å². The molecule has 6 nitrogen and oxygen atoms in total. The molecule has 0 fully saturated rings. The summed E-state index contributed by atoms with van der Waals surface area (Å²) < 4.78 is 5.18. The molecule has 4 aromatic rings. The van der Waals surface area contributed by atoms with Crippen molar-refractivity contribution in [1.29, 1.82) is 0 Å². The van der Waals surface area contributed by atoms with E-state index in [4.69, 9.17) is 16.9 Å². The van der Waals surface area contributed by atoms with E-state index in [1.807, 2.05) is 54.6 Å². The maximum absolute atomic E-state index is 6.21. The summed E-state index contributed by atoms with van der Waals surface area (Å²) in [6, 6.07) is 17.2. The van der Waals surface area contributed by atoms with Gasteiger partial charge in [-0.15, -0.1) is 6.42 Å². The fourth-order valence-electron chi connectivity index (χ4n) is 2.97. The summed E-state index contributed by atoms with van der Waals surface area (Å²) in [5.74, 6) is 5.06. The van der Waals surface area contributed by atoms with Gasteiger partial charge in [0.15, 0.2) is 5.82 Å². The maximum Gasteiger partial charge on any atom is 0.162 e. The van der Waals surface area contributed by atoms with Crippen LogP contribution in [0, 0.1) is 12.3 Å². The average molecular weight is 381 g/mol. The lowest BCUT2D eigenvalue weighted by Gasteiger charge is -2.09. The molecule has 3 N–H and O–H groups in total. The monoisotopic (exact) mass is 381 g/mol. The van der Waals surface area contributed by atoms with E-state index >= 15 is 0 Å². The molecule has 0 aliphatic heterocycles. The molecule has 0 aliphatic rings. The van der Waals surface area contributed by atoms with Crippen molar-refractivity contribution in [2.45, 2.75) is 6.54 Å². The number of nitrogens with two attached hydrogens (primary N) is 1. The second kappa shape index (κ2) is 7.87. The van der Waals surface area contributed by atoms with Gasteiger partial charge in [-0.1, -0.05) is 30.2 Å². The highest BCUT2D eigenvalue weighted by Crippen LogP contribution is 2.25. The smallest absolute Gasteiger partial charge is 0.162 e. The van der Waals surface area contributed by atoms with Gasteiger partial charge in [0.05, 0.1) is 18.8 Å². The summed E-state index contributed by atoms with van der Waals surface area (Å²) in [7, 11) is 1.65. The Labute approximate surface area is 168 Å². The lowest BCUT2D eigenvalue weighted by molar-refractivity contribution is 0.414. The minimum absolute atomic E-state index is 0.394. The van der Waals surface area contributed by atoms with Crippen LogP contribution in [0.15, 0.2) is 60.8 Å². The molecule has 0 bridgehead atoms. The highest BCUT2D eigenvalue weighted by Gasteiger charge is 2.09. The number of fused-ring (bicyclic) bond motifs is 1. The summed E-state index contributed by atoms with van der Waals surface area (Å²) in [4.78, 5) is 13.5. The predicted molar refractivity (Wildman–Crippen MR) is 115 cm³/mol. The first-order chi connectivity index (χ1) is 14.2. The summed E-state index contributed by atoms with van der Waals surface area (Å²) in [5.41, 5.74) is 9.58. The van der Waals surface area contributed by atoms with E-state index in [-0.39, 0.29) is 0 Å². The van der Waals surface area contributed by atoms with Crippen molar-refractivity contribution in [3.8, 4) is 29.5 Å². The normalized spacial score (nSPS) is 10.5. The molecule has 0 amide bonds. The zero-order valence-electron chi connectivity index (χ0n) is 15.9. The van der Waals surface area contributed by atoms with Gasteiger partial charge in [-0.05, 0) is 35.9 Å². The molecule has 0 radical (unpaired) electrons. The number of terminal acetylenes is 1. The molecule has 29 heavy (non-hydrogen) atoms. The molecule has 2 heterocycles. The number of nitrogen functional groups attached to an aromatic ring is 1. The van der Waals surface area contributed by atoms with E-state index < -0.39 is 0 Å². The highest BCUT2D eigenvalue weighted by atomic mass is 16.5. The lowest BCUT2D eigenvalue weighted by Crippen LogP contribution is -2.03. The van der Waals surface area contributed by atoms with Crippen LogP contribution in [0.25, 0.3) is 22.3 Å². The van der Waals surface area contributed by atoms with Gasteiger partial charge < -0.3 is 15.8 Å². The van der Waals surface area contributed by atoms with Crippen LogP contribution in [-0.4, -0.2) is 22.1 Å². The first-order valence-electron chi connectivity index (χ1n) is 9.03. The van der Waals surface area contributed by atoms with Crippen LogP contribution in [-0.2, 0) is 6.54 Å². The van der Waals surface area contributed by atoms with Crippen molar-refractivity contribution in [2.24, 2.45) is 0 Å². The third-order valence-electron chi connectivity index (χ3n) is 4.53. The number of nitrogens with zero attached hydrogens (tertiary/aromatic N) is 3. The Bertz CT molecular complexity index is 1210. The summed E-state index contributed by atoms with van der Waals surface area (Å²) in [6.45, 7) is 0.625. The van der Waals surface area contributed by atoms with Crippen molar-refractivity contribution in [3.63, 3.8) is 0 Å². The fourth-order valence-corrected chi connectivity index (χ4v) is 2.97. The third-order valence-corrected chi connectivity index (χ3v) is 4.53. The van der Waals surface area contributed by atoms with Crippen molar-refractivity contribution in [2.75, 3.05) is 18.2 Å². The number of hydrogen-bond donors (Lipinski definition) is 2. The molecule has 0 atom stereocenters. The second-order valence-electron chi connectivity index (χ2n) is 6.45. The van der Waals surface area contributed by atoms with Crippen LogP contribution in [0.3, 0.4) is 0 Å². The molecule has 2 aromatic heterocycles. The molecule has 0 spiro atoms. The first kappa shape index (κ1) is 18.3. The number of rotatable bonds is 5. The van der Waals surface area contributed by atoms with Crippen molar-refractivity contribution < 1.29 is 4.74 Å². The molecule has 0 unspecified atom stereocenters. The topological polar surface area (TPSA) is 86.0 Å². The Morgan fingerprint density at radius 1 is 1.10 bits per heavy atom. The van der Waals surface area contributed by atoms with Gasteiger partial charge in [-0.25, -0.2) is 15.0 Å². The van der Waals surface area contributed by atoms with E-state index in [1.54, 1.807) is 13.3 Å². The van der Waals surface area contributed by atoms with Crippen LogP contribution < -0.4 is 15.8 Å².